The Hall–Kier alpha value is -2.02. The van der Waals surface area contributed by atoms with Crippen LogP contribution in [0.4, 0.5) is 0 Å². The number of rotatable bonds is 4. The van der Waals surface area contributed by atoms with E-state index >= 15 is 0 Å². The smallest absolute Gasteiger partial charge is 0.273 e. The fraction of sp³-hybridized carbons (Fsp3) is 0.263. The van der Waals surface area contributed by atoms with Gasteiger partial charge >= 0.3 is 0 Å². The predicted octanol–water partition coefficient (Wildman–Crippen LogP) is 3.83. The molecule has 0 unspecified atom stereocenters. The standard InChI is InChI=1S/C19H19N3OS2/c23-19(17-14-25-18(20-17)16-4-2-1-3-5-16)22-9-7-21(8-10-22)12-15-6-11-24-13-15/h1-6,11,13-14H,7-10,12H2. The summed E-state index contributed by atoms with van der Waals surface area (Å²) in [7, 11) is 0. The maximum absolute atomic E-state index is 12.7. The number of hydrogen-bond acceptors (Lipinski definition) is 5. The van der Waals surface area contributed by atoms with Gasteiger partial charge in [-0.15, -0.1) is 11.3 Å². The Balaban J connectivity index is 1.37. The highest BCUT2D eigenvalue weighted by Crippen LogP contribution is 2.24. The highest BCUT2D eigenvalue weighted by Gasteiger charge is 2.24. The number of aromatic nitrogens is 1. The van der Waals surface area contributed by atoms with Gasteiger partial charge in [0.15, 0.2) is 0 Å². The van der Waals surface area contributed by atoms with Gasteiger partial charge in [-0.05, 0) is 22.4 Å². The Labute approximate surface area is 155 Å². The maximum atomic E-state index is 12.7. The molecule has 1 fully saturated rings. The molecule has 0 bridgehead atoms. The molecule has 128 valence electrons. The van der Waals surface area contributed by atoms with Gasteiger partial charge in [-0.25, -0.2) is 4.98 Å². The summed E-state index contributed by atoms with van der Waals surface area (Å²) in [6.07, 6.45) is 0. The molecule has 1 aliphatic rings. The summed E-state index contributed by atoms with van der Waals surface area (Å²) < 4.78 is 0. The number of piperazine rings is 1. The van der Waals surface area contributed by atoms with Crippen LogP contribution in [0.1, 0.15) is 16.1 Å². The third-order valence-corrected chi connectivity index (χ3v) is 6.01. The zero-order valence-corrected chi connectivity index (χ0v) is 15.4. The second-order valence-electron chi connectivity index (χ2n) is 6.10. The molecule has 1 aliphatic heterocycles. The highest BCUT2D eigenvalue weighted by molar-refractivity contribution is 7.13. The molecule has 0 radical (unpaired) electrons. The highest BCUT2D eigenvalue weighted by atomic mass is 32.1. The topological polar surface area (TPSA) is 36.4 Å². The van der Waals surface area contributed by atoms with Gasteiger partial charge in [-0.1, -0.05) is 30.3 Å². The Bertz CT molecular complexity index is 821. The Morgan fingerprint density at radius 2 is 1.84 bits per heavy atom. The van der Waals surface area contributed by atoms with Crippen LogP contribution in [-0.2, 0) is 6.54 Å². The third kappa shape index (κ3) is 3.81. The summed E-state index contributed by atoms with van der Waals surface area (Å²) in [5.41, 5.74) is 2.99. The van der Waals surface area contributed by atoms with E-state index in [2.05, 4.69) is 26.7 Å². The summed E-state index contributed by atoms with van der Waals surface area (Å²) in [6, 6.07) is 12.2. The lowest BCUT2D eigenvalue weighted by Crippen LogP contribution is -2.48. The van der Waals surface area contributed by atoms with Gasteiger partial charge in [0.1, 0.15) is 10.7 Å². The van der Waals surface area contributed by atoms with Crippen molar-refractivity contribution in [3.63, 3.8) is 0 Å². The second-order valence-corrected chi connectivity index (χ2v) is 7.74. The van der Waals surface area contributed by atoms with Crippen molar-refractivity contribution in [3.05, 3.63) is 63.8 Å². The molecule has 25 heavy (non-hydrogen) atoms. The molecule has 0 aliphatic carbocycles. The van der Waals surface area contributed by atoms with E-state index < -0.39 is 0 Å². The van der Waals surface area contributed by atoms with Crippen LogP contribution in [0, 0.1) is 0 Å². The first-order chi connectivity index (χ1) is 12.3. The SMILES string of the molecule is O=C(c1csc(-c2ccccc2)n1)N1CCN(Cc2ccsc2)CC1. The molecule has 4 nitrogen and oxygen atoms in total. The van der Waals surface area contributed by atoms with Crippen LogP contribution in [0.25, 0.3) is 10.6 Å². The molecule has 0 atom stereocenters. The van der Waals surface area contributed by atoms with Gasteiger partial charge in [0, 0.05) is 43.7 Å². The maximum Gasteiger partial charge on any atom is 0.273 e. The Morgan fingerprint density at radius 3 is 2.56 bits per heavy atom. The van der Waals surface area contributed by atoms with E-state index in [1.165, 1.54) is 16.9 Å². The van der Waals surface area contributed by atoms with E-state index in [4.69, 9.17) is 0 Å². The average molecular weight is 370 g/mol. The molecule has 2 aromatic heterocycles. The van der Waals surface area contributed by atoms with Crippen molar-refractivity contribution in [2.24, 2.45) is 0 Å². The van der Waals surface area contributed by atoms with E-state index in [1.54, 1.807) is 11.3 Å². The number of hydrogen-bond donors (Lipinski definition) is 0. The van der Waals surface area contributed by atoms with Gasteiger partial charge in [0.05, 0.1) is 0 Å². The molecule has 1 saturated heterocycles. The fourth-order valence-corrected chi connectivity index (χ4v) is 4.46. The lowest BCUT2D eigenvalue weighted by molar-refractivity contribution is 0.0624. The molecule has 3 aromatic rings. The van der Waals surface area contributed by atoms with Gasteiger partial charge in [-0.2, -0.15) is 11.3 Å². The van der Waals surface area contributed by atoms with Gasteiger partial charge in [0.2, 0.25) is 0 Å². The van der Waals surface area contributed by atoms with Crippen molar-refractivity contribution in [2.45, 2.75) is 6.54 Å². The number of thiophene rings is 1. The second kappa shape index (κ2) is 7.47. The van der Waals surface area contributed by atoms with E-state index in [1.807, 2.05) is 40.6 Å². The summed E-state index contributed by atoms with van der Waals surface area (Å²) in [5, 5.41) is 7.09. The molecule has 1 aromatic carbocycles. The van der Waals surface area contributed by atoms with Gasteiger partial charge in [-0.3, -0.25) is 9.69 Å². The molecule has 0 saturated carbocycles. The number of carbonyl (C=O) groups is 1. The van der Waals surface area contributed by atoms with Gasteiger partial charge in [0.25, 0.3) is 5.91 Å². The van der Waals surface area contributed by atoms with Crippen molar-refractivity contribution >= 4 is 28.6 Å². The number of thiazole rings is 1. The van der Waals surface area contributed by atoms with Crippen LogP contribution in [-0.4, -0.2) is 46.9 Å². The van der Waals surface area contributed by atoms with Crippen molar-refractivity contribution < 1.29 is 4.79 Å². The molecular weight excluding hydrogens is 350 g/mol. The Morgan fingerprint density at radius 1 is 1.04 bits per heavy atom. The van der Waals surface area contributed by atoms with Crippen LogP contribution in [0.2, 0.25) is 0 Å². The van der Waals surface area contributed by atoms with Crippen LogP contribution in [0.5, 0.6) is 0 Å². The fourth-order valence-electron chi connectivity index (χ4n) is 3.00. The van der Waals surface area contributed by atoms with Gasteiger partial charge < -0.3 is 4.90 Å². The van der Waals surface area contributed by atoms with Crippen LogP contribution in [0.15, 0.2) is 52.5 Å². The molecule has 6 heteroatoms. The first-order valence-electron chi connectivity index (χ1n) is 8.33. The van der Waals surface area contributed by atoms with Crippen molar-refractivity contribution in [1.29, 1.82) is 0 Å². The largest absolute Gasteiger partial charge is 0.335 e. The molecule has 0 spiro atoms. The summed E-state index contributed by atoms with van der Waals surface area (Å²) in [5.74, 6) is 0.0496. The van der Waals surface area contributed by atoms with Crippen molar-refractivity contribution in [2.75, 3.05) is 26.2 Å². The van der Waals surface area contributed by atoms with E-state index in [-0.39, 0.29) is 5.91 Å². The monoisotopic (exact) mass is 369 g/mol. The van der Waals surface area contributed by atoms with Crippen LogP contribution >= 0.6 is 22.7 Å². The van der Waals surface area contributed by atoms with E-state index in [0.717, 1.165) is 43.3 Å². The summed E-state index contributed by atoms with van der Waals surface area (Å²) in [6.45, 7) is 4.33. The van der Waals surface area contributed by atoms with Crippen molar-refractivity contribution in [1.82, 2.24) is 14.8 Å². The average Bonchev–Trinajstić information content (AvgIpc) is 3.34. The number of carbonyl (C=O) groups excluding carboxylic acids is 1. The lowest BCUT2D eigenvalue weighted by atomic mass is 10.2. The molecular formula is C19H19N3OS2. The third-order valence-electron chi connectivity index (χ3n) is 4.39. The first-order valence-corrected chi connectivity index (χ1v) is 10.2. The summed E-state index contributed by atoms with van der Waals surface area (Å²) in [4.78, 5) is 21.6. The number of nitrogens with zero attached hydrogens (tertiary/aromatic N) is 3. The minimum absolute atomic E-state index is 0.0496. The minimum Gasteiger partial charge on any atom is -0.335 e. The molecule has 0 N–H and O–H groups in total. The molecule has 4 rings (SSSR count). The number of amides is 1. The zero-order chi connectivity index (χ0) is 17.1. The normalized spacial score (nSPS) is 15.4. The molecule has 1 amide bonds. The van der Waals surface area contributed by atoms with Crippen LogP contribution < -0.4 is 0 Å². The summed E-state index contributed by atoms with van der Waals surface area (Å²) >= 11 is 3.26. The zero-order valence-electron chi connectivity index (χ0n) is 13.8. The molecule has 3 heterocycles. The van der Waals surface area contributed by atoms with Crippen molar-refractivity contribution in [3.8, 4) is 10.6 Å². The minimum atomic E-state index is 0.0496. The first kappa shape index (κ1) is 16.4. The van der Waals surface area contributed by atoms with E-state index in [9.17, 15) is 4.79 Å². The predicted molar refractivity (Wildman–Crippen MR) is 103 cm³/mol. The lowest BCUT2D eigenvalue weighted by Gasteiger charge is -2.34. The Kier molecular flexibility index (Phi) is 4.92. The quantitative estimate of drug-likeness (QED) is 0.701. The van der Waals surface area contributed by atoms with E-state index in [0.29, 0.717) is 5.69 Å². The number of benzene rings is 1. The van der Waals surface area contributed by atoms with Crippen LogP contribution in [0.3, 0.4) is 0 Å².